The van der Waals surface area contributed by atoms with E-state index in [1.807, 2.05) is 50.2 Å². The van der Waals surface area contributed by atoms with Crippen molar-refractivity contribution >= 4 is 29.2 Å². The van der Waals surface area contributed by atoms with Crippen molar-refractivity contribution in [3.05, 3.63) is 58.7 Å². The van der Waals surface area contributed by atoms with Gasteiger partial charge in [-0.25, -0.2) is 4.79 Å². The summed E-state index contributed by atoms with van der Waals surface area (Å²) in [5, 5.41) is 5.93. The fourth-order valence-corrected chi connectivity index (χ4v) is 4.12. The molecule has 2 aromatic carbocycles. The lowest BCUT2D eigenvalue weighted by molar-refractivity contribution is -0.117. The van der Waals surface area contributed by atoms with Crippen LogP contribution in [-0.4, -0.2) is 31.9 Å². The molecule has 4 amide bonds. The molecule has 0 radical (unpaired) electrons. The first-order chi connectivity index (χ1) is 14.2. The molecule has 156 valence electrons. The number of carbonyl (C=O) groups excluding carboxylic acids is 3. The van der Waals surface area contributed by atoms with Gasteiger partial charge < -0.3 is 20.4 Å². The van der Waals surface area contributed by atoms with Gasteiger partial charge in [-0.05, 0) is 48.2 Å². The Morgan fingerprint density at radius 1 is 0.800 bits per heavy atom. The van der Waals surface area contributed by atoms with E-state index in [1.54, 1.807) is 23.9 Å². The number of anilines is 2. The first-order valence-electron chi connectivity index (χ1n) is 10.1. The molecule has 2 aromatic rings. The molecule has 7 nitrogen and oxygen atoms in total. The maximum atomic E-state index is 12.5. The highest BCUT2D eigenvalue weighted by Crippen LogP contribution is 2.31. The number of fused-ring (bicyclic) bond motifs is 2. The molecule has 0 saturated carbocycles. The van der Waals surface area contributed by atoms with E-state index >= 15 is 0 Å². The SMILES string of the molecule is CC(NC(=O)NC(C)c1ccc2c(c1)CC(=O)N2C)c1ccc2c(c1)CC(=O)N2C. The Hall–Kier alpha value is -3.35. The Morgan fingerprint density at radius 2 is 1.20 bits per heavy atom. The third-order valence-corrected chi connectivity index (χ3v) is 6.06. The van der Waals surface area contributed by atoms with Gasteiger partial charge in [-0.15, -0.1) is 0 Å². The summed E-state index contributed by atoms with van der Waals surface area (Å²) in [4.78, 5) is 39.6. The summed E-state index contributed by atoms with van der Waals surface area (Å²) >= 11 is 0. The van der Waals surface area contributed by atoms with Gasteiger partial charge in [0.1, 0.15) is 0 Å². The monoisotopic (exact) mass is 406 g/mol. The van der Waals surface area contributed by atoms with Gasteiger partial charge in [0, 0.05) is 25.5 Å². The van der Waals surface area contributed by atoms with Gasteiger partial charge in [-0.2, -0.15) is 0 Å². The summed E-state index contributed by atoms with van der Waals surface area (Å²) in [5.74, 6) is 0.160. The molecule has 2 N–H and O–H groups in total. The van der Waals surface area contributed by atoms with Crippen LogP contribution in [0.4, 0.5) is 16.2 Å². The molecule has 0 spiro atoms. The Morgan fingerprint density at radius 3 is 1.60 bits per heavy atom. The zero-order chi connectivity index (χ0) is 21.6. The molecule has 0 saturated heterocycles. The van der Waals surface area contributed by atoms with Crippen LogP contribution in [-0.2, 0) is 22.4 Å². The summed E-state index contributed by atoms with van der Waals surface area (Å²) in [6.45, 7) is 3.84. The van der Waals surface area contributed by atoms with Crippen molar-refractivity contribution in [2.45, 2.75) is 38.8 Å². The number of amides is 4. The maximum Gasteiger partial charge on any atom is 0.315 e. The van der Waals surface area contributed by atoms with Crippen LogP contribution in [0.15, 0.2) is 36.4 Å². The van der Waals surface area contributed by atoms with Crippen LogP contribution in [0.1, 0.15) is 48.2 Å². The quantitative estimate of drug-likeness (QED) is 0.819. The molecule has 0 aromatic heterocycles. The van der Waals surface area contributed by atoms with E-state index in [9.17, 15) is 14.4 Å². The molecule has 2 aliphatic heterocycles. The second-order valence-electron chi connectivity index (χ2n) is 8.10. The number of nitrogens with one attached hydrogen (secondary N) is 2. The molecular formula is C23H26N4O3. The number of carbonyl (C=O) groups is 3. The molecule has 0 bridgehead atoms. The normalized spacial score (nSPS) is 16.9. The number of urea groups is 1. The van der Waals surface area contributed by atoms with Gasteiger partial charge in [-0.3, -0.25) is 9.59 Å². The molecule has 4 rings (SSSR count). The molecule has 2 heterocycles. The highest BCUT2D eigenvalue weighted by atomic mass is 16.2. The molecule has 0 aliphatic carbocycles. The minimum Gasteiger partial charge on any atom is -0.332 e. The number of nitrogens with zero attached hydrogens (tertiary/aromatic N) is 2. The van der Waals surface area contributed by atoms with Crippen molar-refractivity contribution in [2.24, 2.45) is 0 Å². The van der Waals surface area contributed by atoms with Crippen LogP contribution in [0, 0.1) is 0 Å². The highest BCUT2D eigenvalue weighted by molar-refractivity contribution is 6.01. The molecule has 7 heteroatoms. The molecular weight excluding hydrogens is 380 g/mol. The fourth-order valence-electron chi connectivity index (χ4n) is 4.12. The third kappa shape index (κ3) is 3.51. The van der Waals surface area contributed by atoms with Crippen LogP contribution in [0.25, 0.3) is 0 Å². The first kappa shape index (κ1) is 19.9. The van der Waals surface area contributed by atoms with E-state index in [0.29, 0.717) is 12.8 Å². The number of benzene rings is 2. The van der Waals surface area contributed by atoms with E-state index in [2.05, 4.69) is 10.6 Å². The van der Waals surface area contributed by atoms with Crippen LogP contribution < -0.4 is 20.4 Å². The topological polar surface area (TPSA) is 81.8 Å². The lowest BCUT2D eigenvalue weighted by Crippen LogP contribution is -2.38. The summed E-state index contributed by atoms with van der Waals surface area (Å²) < 4.78 is 0. The molecule has 2 unspecified atom stereocenters. The molecule has 30 heavy (non-hydrogen) atoms. The van der Waals surface area contributed by atoms with Gasteiger partial charge in [0.05, 0.1) is 24.9 Å². The van der Waals surface area contributed by atoms with E-state index in [1.165, 1.54) is 0 Å². The Bertz CT molecular complexity index is 967. The van der Waals surface area contributed by atoms with Crippen molar-refractivity contribution in [3.8, 4) is 0 Å². The van der Waals surface area contributed by atoms with Gasteiger partial charge >= 0.3 is 6.03 Å². The average molecular weight is 406 g/mol. The molecule has 0 fully saturated rings. The molecule has 2 atom stereocenters. The predicted molar refractivity (Wildman–Crippen MR) is 116 cm³/mol. The summed E-state index contributed by atoms with van der Waals surface area (Å²) in [6.07, 6.45) is 0.789. The van der Waals surface area contributed by atoms with Crippen molar-refractivity contribution in [1.82, 2.24) is 10.6 Å². The van der Waals surface area contributed by atoms with Crippen LogP contribution in [0.3, 0.4) is 0 Å². The lowest BCUT2D eigenvalue weighted by Gasteiger charge is -2.20. The minimum atomic E-state index is -0.266. The Labute approximate surface area is 176 Å². The van der Waals surface area contributed by atoms with E-state index in [0.717, 1.165) is 33.6 Å². The van der Waals surface area contributed by atoms with Crippen LogP contribution >= 0.6 is 0 Å². The van der Waals surface area contributed by atoms with Gasteiger partial charge in [0.2, 0.25) is 11.8 Å². The Balaban J connectivity index is 1.39. The van der Waals surface area contributed by atoms with Crippen molar-refractivity contribution in [2.75, 3.05) is 23.9 Å². The standard InChI is InChI=1S/C23H26N4O3/c1-13(15-5-7-19-17(9-15)11-21(28)26(19)3)24-23(30)25-14(2)16-6-8-20-18(10-16)12-22(29)27(20)4/h5-10,13-14H,11-12H2,1-4H3,(H2,24,25,30). The summed E-state index contributed by atoms with van der Waals surface area (Å²) in [5.41, 5.74) is 5.74. The largest absolute Gasteiger partial charge is 0.332 e. The van der Waals surface area contributed by atoms with Crippen molar-refractivity contribution < 1.29 is 14.4 Å². The molecule has 2 aliphatic rings. The number of hydrogen-bond donors (Lipinski definition) is 2. The lowest BCUT2D eigenvalue weighted by atomic mass is 10.0. The summed E-state index contributed by atoms with van der Waals surface area (Å²) in [6, 6.07) is 11.0. The minimum absolute atomic E-state index is 0.0802. The maximum absolute atomic E-state index is 12.5. The third-order valence-electron chi connectivity index (χ3n) is 6.06. The summed E-state index contributed by atoms with van der Waals surface area (Å²) in [7, 11) is 3.55. The van der Waals surface area contributed by atoms with Crippen LogP contribution in [0.5, 0.6) is 0 Å². The average Bonchev–Trinajstić information content (AvgIpc) is 3.16. The zero-order valence-corrected chi connectivity index (χ0v) is 17.7. The second-order valence-corrected chi connectivity index (χ2v) is 8.10. The van der Waals surface area contributed by atoms with Gasteiger partial charge in [0.15, 0.2) is 0 Å². The van der Waals surface area contributed by atoms with Gasteiger partial charge in [0.25, 0.3) is 0 Å². The van der Waals surface area contributed by atoms with Crippen LogP contribution in [0.2, 0.25) is 0 Å². The van der Waals surface area contributed by atoms with E-state index in [-0.39, 0.29) is 29.9 Å². The zero-order valence-electron chi connectivity index (χ0n) is 17.7. The Kier molecular flexibility index (Phi) is 4.97. The highest BCUT2D eigenvalue weighted by Gasteiger charge is 2.26. The number of likely N-dealkylation sites (N-methyl/N-ethyl adjacent to an activating group) is 2. The fraction of sp³-hybridized carbons (Fsp3) is 0.348. The predicted octanol–water partition coefficient (Wildman–Crippen LogP) is 2.85. The van der Waals surface area contributed by atoms with Crippen molar-refractivity contribution in [3.63, 3.8) is 0 Å². The van der Waals surface area contributed by atoms with Crippen molar-refractivity contribution in [1.29, 1.82) is 0 Å². The number of rotatable bonds is 4. The van der Waals surface area contributed by atoms with E-state index < -0.39 is 0 Å². The van der Waals surface area contributed by atoms with E-state index in [4.69, 9.17) is 0 Å². The second kappa shape index (κ2) is 7.48. The number of hydrogen-bond acceptors (Lipinski definition) is 3. The smallest absolute Gasteiger partial charge is 0.315 e. The van der Waals surface area contributed by atoms with Gasteiger partial charge in [-0.1, -0.05) is 24.3 Å². The first-order valence-corrected chi connectivity index (χ1v) is 10.1.